The number of nitrogens with two attached hydrogens (primary N) is 1. The summed E-state index contributed by atoms with van der Waals surface area (Å²) in [6, 6.07) is 15.4. The van der Waals surface area contributed by atoms with Crippen molar-refractivity contribution in [1.82, 2.24) is 14.9 Å². The van der Waals surface area contributed by atoms with Crippen molar-refractivity contribution in [3.05, 3.63) is 59.1 Å². The van der Waals surface area contributed by atoms with E-state index in [9.17, 15) is 4.79 Å². The largest absolute Gasteiger partial charge is 0.335 e. The van der Waals surface area contributed by atoms with Crippen molar-refractivity contribution in [1.29, 1.82) is 0 Å². The number of thioether (sulfide) groups is 1. The van der Waals surface area contributed by atoms with Crippen molar-refractivity contribution in [2.45, 2.75) is 24.5 Å². The summed E-state index contributed by atoms with van der Waals surface area (Å²) in [6.07, 6.45) is 0.874. The molecule has 1 atom stereocenters. The summed E-state index contributed by atoms with van der Waals surface area (Å²) in [5.74, 6) is 6.91. The molecule has 1 aliphatic rings. The lowest BCUT2D eigenvalue weighted by molar-refractivity contribution is -0.116. The number of nitrogens with zero attached hydrogens (tertiary/aromatic N) is 4. The molecule has 1 aliphatic heterocycles. The van der Waals surface area contributed by atoms with Crippen LogP contribution in [0.3, 0.4) is 0 Å². The van der Waals surface area contributed by atoms with Crippen LogP contribution in [0.2, 0.25) is 5.02 Å². The molecule has 1 amide bonds. The molecule has 6 nitrogen and oxygen atoms in total. The van der Waals surface area contributed by atoms with E-state index in [1.807, 2.05) is 35.2 Å². The van der Waals surface area contributed by atoms with Crippen LogP contribution in [0.15, 0.2) is 53.7 Å². The highest BCUT2D eigenvalue weighted by atomic mass is 35.5. The topological polar surface area (TPSA) is 77.0 Å². The van der Waals surface area contributed by atoms with Crippen LogP contribution >= 0.6 is 23.4 Å². The van der Waals surface area contributed by atoms with E-state index in [1.165, 1.54) is 22.0 Å². The van der Waals surface area contributed by atoms with Crippen LogP contribution in [-0.4, -0.2) is 32.6 Å². The number of aromatic nitrogens is 3. The van der Waals surface area contributed by atoms with Gasteiger partial charge in [-0.25, -0.2) is 4.68 Å². The van der Waals surface area contributed by atoms with Crippen LogP contribution in [0.1, 0.15) is 12.5 Å². The van der Waals surface area contributed by atoms with Gasteiger partial charge in [0.1, 0.15) is 0 Å². The standard InChI is InChI=1S/C19H18ClN5OS/c1-12-9-13-5-2-3-8-16(13)24(12)17(26)11-27-19-23-22-18(25(19)21)14-6-4-7-15(20)10-14/h2-8,10,12H,9,11,21H2,1H3/t12-/m0/s1. The van der Waals surface area contributed by atoms with Crippen LogP contribution < -0.4 is 10.7 Å². The minimum atomic E-state index is 0.0322. The van der Waals surface area contributed by atoms with Gasteiger partial charge in [0.05, 0.1) is 5.75 Å². The van der Waals surface area contributed by atoms with Gasteiger partial charge in [-0.1, -0.05) is 53.7 Å². The third kappa shape index (κ3) is 3.40. The third-order valence-electron chi connectivity index (χ3n) is 4.55. The van der Waals surface area contributed by atoms with Crippen LogP contribution in [-0.2, 0) is 11.2 Å². The Morgan fingerprint density at radius 2 is 2.07 bits per heavy atom. The molecule has 0 saturated carbocycles. The highest BCUT2D eigenvalue weighted by molar-refractivity contribution is 7.99. The molecule has 2 heterocycles. The second kappa shape index (κ2) is 7.25. The van der Waals surface area contributed by atoms with E-state index < -0.39 is 0 Å². The molecular weight excluding hydrogens is 382 g/mol. The minimum absolute atomic E-state index is 0.0322. The molecule has 2 aromatic carbocycles. The summed E-state index contributed by atoms with van der Waals surface area (Å²) >= 11 is 7.31. The van der Waals surface area contributed by atoms with Gasteiger partial charge < -0.3 is 10.7 Å². The molecule has 4 rings (SSSR count). The normalized spacial score (nSPS) is 15.8. The fourth-order valence-electron chi connectivity index (χ4n) is 3.34. The molecule has 138 valence electrons. The van der Waals surface area contributed by atoms with E-state index in [-0.39, 0.29) is 17.7 Å². The number of para-hydroxylation sites is 1. The molecule has 0 fully saturated rings. The number of carbonyl (C=O) groups excluding carboxylic acids is 1. The highest BCUT2D eigenvalue weighted by Gasteiger charge is 2.30. The second-order valence-electron chi connectivity index (χ2n) is 6.42. The van der Waals surface area contributed by atoms with Crippen LogP contribution in [0, 0.1) is 0 Å². The first-order valence-electron chi connectivity index (χ1n) is 8.54. The first-order valence-corrected chi connectivity index (χ1v) is 9.90. The number of carbonyl (C=O) groups is 1. The molecule has 0 spiro atoms. The van der Waals surface area contributed by atoms with Gasteiger partial charge in [-0.15, -0.1) is 10.2 Å². The van der Waals surface area contributed by atoms with Gasteiger partial charge in [-0.05, 0) is 37.1 Å². The first kappa shape index (κ1) is 17.9. The number of hydrogen-bond donors (Lipinski definition) is 1. The van der Waals surface area contributed by atoms with Crippen molar-refractivity contribution >= 4 is 35.0 Å². The molecule has 1 aromatic heterocycles. The van der Waals surface area contributed by atoms with E-state index in [0.29, 0.717) is 16.0 Å². The molecule has 0 radical (unpaired) electrons. The third-order valence-corrected chi connectivity index (χ3v) is 5.71. The van der Waals surface area contributed by atoms with Crippen molar-refractivity contribution in [2.24, 2.45) is 0 Å². The number of benzene rings is 2. The first-order chi connectivity index (χ1) is 13.0. The fourth-order valence-corrected chi connectivity index (χ4v) is 4.25. The molecule has 0 aliphatic carbocycles. The molecule has 2 N–H and O–H groups in total. The summed E-state index contributed by atoms with van der Waals surface area (Å²) in [7, 11) is 0. The Hall–Kier alpha value is -2.51. The minimum Gasteiger partial charge on any atom is -0.335 e. The molecule has 3 aromatic rings. The van der Waals surface area contributed by atoms with Gasteiger partial charge >= 0.3 is 0 Å². The van der Waals surface area contributed by atoms with Crippen molar-refractivity contribution in [3.8, 4) is 11.4 Å². The van der Waals surface area contributed by atoms with E-state index in [0.717, 1.165) is 17.7 Å². The molecule has 27 heavy (non-hydrogen) atoms. The summed E-state index contributed by atoms with van der Waals surface area (Å²) in [5.41, 5.74) is 2.97. The van der Waals surface area contributed by atoms with Gasteiger partial charge in [0.15, 0.2) is 5.82 Å². The maximum Gasteiger partial charge on any atom is 0.237 e. The number of halogens is 1. The Morgan fingerprint density at radius 1 is 1.26 bits per heavy atom. The summed E-state index contributed by atoms with van der Waals surface area (Å²) in [5, 5.41) is 9.34. The monoisotopic (exact) mass is 399 g/mol. The van der Waals surface area contributed by atoms with Gasteiger partial charge in [0, 0.05) is 22.3 Å². The average Bonchev–Trinajstić information content (AvgIpc) is 3.18. The molecule has 0 unspecified atom stereocenters. The van der Waals surface area contributed by atoms with Crippen molar-refractivity contribution in [3.63, 3.8) is 0 Å². The van der Waals surface area contributed by atoms with Gasteiger partial charge in [-0.2, -0.15) is 0 Å². The Balaban J connectivity index is 1.49. The zero-order chi connectivity index (χ0) is 19.0. The maximum absolute atomic E-state index is 12.8. The predicted molar refractivity (Wildman–Crippen MR) is 108 cm³/mol. The quantitative estimate of drug-likeness (QED) is 0.537. The number of amides is 1. The summed E-state index contributed by atoms with van der Waals surface area (Å²) in [6.45, 7) is 2.06. The Bertz CT molecular complexity index is 1010. The van der Waals surface area contributed by atoms with Crippen molar-refractivity contribution in [2.75, 3.05) is 16.5 Å². The number of anilines is 1. The van der Waals surface area contributed by atoms with Crippen LogP contribution in [0.5, 0.6) is 0 Å². The lowest BCUT2D eigenvalue weighted by Gasteiger charge is -2.22. The summed E-state index contributed by atoms with van der Waals surface area (Å²) < 4.78 is 1.39. The molecule has 0 bridgehead atoms. The van der Waals surface area contributed by atoms with Gasteiger partial charge in [0.2, 0.25) is 11.1 Å². The zero-order valence-corrected chi connectivity index (χ0v) is 16.2. The van der Waals surface area contributed by atoms with Gasteiger partial charge in [0.25, 0.3) is 0 Å². The summed E-state index contributed by atoms with van der Waals surface area (Å²) in [4.78, 5) is 14.7. The smallest absolute Gasteiger partial charge is 0.237 e. The van der Waals surface area contributed by atoms with Crippen LogP contribution in [0.25, 0.3) is 11.4 Å². The SMILES string of the molecule is C[C@H]1Cc2ccccc2N1C(=O)CSc1nnc(-c2cccc(Cl)c2)n1N. The van der Waals surface area contributed by atoms with E-state index in [1.54, 1.807) is 12.1 Å². The number of fused-ring (bicyclic) bond motifs is 1. The molecule has 0 saturated heterocycles. The lowest BCUT2D eigenvalue weighted by atomic mass is 10.1. The lowest BCUT2D eigenvalue weighted by Crippen LogP contribution is -2.37. The Morgan fingerprint density at radius 3 is 2.89 bits per heavy atom. The molecular formula is C19H18ClN5OS. The number of nitrogen functional groups attached to an aromatic ring is 1. The Kier molecular flexibility index (Phi) is 4.80. The van der Waals surface area contributed by atoms with E-state index in [2.05, 4.69) is 23.2 Å². The predicted octanol–water partition coefficient (Wildman–Crippen LogP) is 3.38. The number of hydrogen-bond acceptors (Lipinski definition) is 5. The van der Waals surface area contributed by atoms with Gasteiger partial charge in [-0.3, -0.25) is 4.79 Å². The average molecular weight is 400 g/mol. The van der Waals surface area contributed by atoms with E-state index in [4.69, 9.17) is 17.4 Å². The van der Waals surface area contributed by atoms with E-state index >= 15 is 0 Å². The Labute approximate surface area is 166 Å². The molecule has 8 heteroatoms. The number of rotatable bonds is 4. The zero-order valence-electron chi connectivity index (χ0n) is 14.7. The van der Waals surface area contributed by atoms with Crippen LogP contribution in [0.4, 0.5) is 5.69 Å². The highest BCUT2D eigenvalue weighted by Crippen LogP contribution is 2.33. The van der Waals surface area contributed by atoms with Crippen molar-refractivity contribution < 1.29 is 4.79 Å². The fraction of sp³-hybridized carbons (Fsp3) is 0.211. The second-order valence-corrected chi connectivity index (χ2v) is 7.80. The maximum atomic E-state index is 12.8.